The van der Waals surface area contributed by atoms with Crippen LogP contribution in [-0.4, -0.2) is 24.1 Å². The van der Waals surface area contributed by atoms with Crippen LogP contribution in [0.2, 0.25) is 10.0 Å². The van der Waals surface area contributed by atoms with Crippen molar-refractivity contribution in [1.82, 2.24) is 5.06 Å². The van der Waals surface area contributed by atoms with Gasteiger partial charge in [-0.05, 0) is 25.0 Å². The highest BCUT2D eigenvalue weighted by atomic mass is 35.5. The van der Waals surface area contributed by atoms with Crippen LogP contribution in [0.25, 0.3) is 0 Å². The lowest BCUT2D eigenvalue weighted by Crippen LogP contribution is -2.36. The van der Waals surface area contributed by atoms with Crippen LogP contribution in [0.15, 0.2) is 18.2 Å². The van der Waals surface area contributed by atoms with Gasteiger partial charge in [0.15, 0.2) is 0 Å². The molecule has 5 heteroatoms. The van der Waals surface area contributed by atoms with Crippen molar-refractivity contribution in [2.45, 2.75) is 12.8 Å². The minimum atomic E-state index is -0.268. The van der Waals surface area contributed by atoms with E-state index in [2.05, 4.69) is 0 Å². The van der Waals surface area contributed by atoms with Crippen molar-refractivity contribution in [3.63, 3.8) is 0 Å². The van der Waals surface area contributed by atoms with Gasteiger partial charge in [0.25, 0.3) is 5.91 Å². The van der Waals surface area contributed by atoms with Gasteiger partial charge in [-0.3, -0.25) is 9.63 Å². The highest BCUT2D eigenvalue weighted by molar-refractivity contribution is 6.39. The minimum absolute atomic E-state index is 0.268. The molecule has 0 spiro atoms. The van der Waals surface area contributed by atoms with Crippen LogP contribution in [0.1, 0.15) is 23.2 Å². The molecule has 0 atom stereocenters. The molecule has 0 N–H and O–H groups in total. The first-order valence-electron chi connectivity index (χ1n) is 5.09. The number of carbonyl (C=O) groups excluding carboxylic acids is 1. The summed E-state index contributed by atoms with van der Waals surface area (Å²) in [6, 6.07) is 4.99. The van der Waals surface area contributed by atoms with Crippen molar-refractivity contribution in [2.24, 2.45) is 0 Å². The van der Waals surface area contributed by atoms with Crippen molar-refractivity contribution in [3.05, 3.63) is 33.8 Å². The lowest BCUT2D eigenvalue weighted by molar-refractivity contribution is -0.144. The summed E-state index contributed by atoms with van der Waals surface area (Å²) in [4.78, 5) is 17.3. The standard InChI is InChI=1S/C11H11Cl2NO2/c12-8-4-3-5-9(13)10(8)11(15)14-6-1-2-7-16-14/h3-5H,1-2,6-7H2. The number of hydrogen-bond donors (Lipinski definition) is 0. The first-order chi connectivity index (χ1) is 7.70. The van der Waals surface area contributed by atoms with Crippen molar-refractivity contribution in [2.75, 3.05) is 13.2 Å². The Bertz CT molecular complexity index is 383. The third kappa shape index (κ3) is 2.32. The summed E-state index contributed by atoms with van der Waals surface area (Å²) in [5.41, 5.74) is 0.313. The van der Waals surface area contributed by atoms with Gasteiger partial charge >= 0.3 is 0 Å². The minimum Gasteiger partial charge on any atom is -0.271 e. The summed E-state index contributed by atoms with van der Waals surface area (Å²) < 4.78 is 0. The van der Waals surface area contributed by atoms with E-state index in [1.807, 2.05) is 0 Å². The van der Waals surface area contributed by atoms with E-state index in [1.54, 1.807) is 18.2 Å². The Morgan fingerprint density at radius 3 is 2.50 bits per heavy atom. The van der Waals surface area contributed by atoms with Crippen LogP contribution < -0.4 is 0 Å². The molecule has 1 aromatic rings. The van der Waals surface area contributed by atoms with Gasteiger partial charge in [0.05, 0.1) is 22.2 Å². The number of hydroxylamine groups is 2. The molecule has 1 aromatic carbocycles. The number of amides is 1. The van der Waals surface area contributed by atoms with Crippen LogP contribution in [-0.2, 0) is 4.84 Å². The lowest BCUT2D eigenvalue weighted by Gasteiger charge is -2.26. The molecule has 1 fully saturated rings. The molecule has 0 bridgehead atoms. The SMILES string of the molecule is O=C(c1c(Cl)cccc1Cl)N1CCCCO1. The molecule has 16 heavy (non-hydrogen) atoms. The van der Waals surface area contributed by atoms with Crippen LogP contribution in [0.3, 0.4) is 0 Å². The molecular weight excluding hydrogens is 249 g/mol. The van der Waals surface area contributed by atoms with Crippen LogP contribution in [0.5, 0.6) is 0 Å². The fourth-order valence-electron chi connectivity index (χ4n) is 1.58. The second-order valence-electron chi connectivity index (χ2n) is 3.54. The van der Waals surface area contributed by atoms with Crippen LogP contribution in [0, 0.1) is 0 Å². The Balaban J connectivity index is 2.26. The monoisotopic (exact) mass is 259 g/mol. The van der Waals surface area contributed by atoms with E-state index in [4.69, 9.17) is 28.0 Å². The number of benzene rings is 1. The molecule has 1 saturated heterocycles. The molecule has 0 radical (unpaired) electrons. The van der Waals surface area contributed by atoms with Gasteiger partial charge < -0.3 is 0 Å². The number of rotatable bonds is 1. The van der Waals surface area contributed by atoms with Gasteiger partial charge in [0, 0.05) is 6.54 Å². The second-order valence-corrected chi connectivity index (χ2v) is 4.36. The lowest BCUT2D eigenvalue weighted by atomic mass is 10.2. The summed E-state index contributed by atoms with van der Waals surface area (Å²) in [6.07, 6.45) is 1.91. The average Bonchev–Trinajstić information content (AvgIpc) is 2.30. The summed E-state index contributed by atoms with van der Waals surface area (Å²) in [7, 11) is 0. The van der Waals surface area contributed by atoms with Crippen LogP contribution in [0.4, 0.5) is 0 Å². The first-order valence-corrected chi connectivity index (χ1v) is 5.84. The number of hydrogen-bond acceptors (Lipinski definition) is 2. The molecular formula is C11H11Cl2NO2. The van der Waals surface area contributed by atoms with E-state index >= 15 is 0 Å². The molecule has 0 aromatic heterocycles. The molecule has 1 aliphatic heterocycles. The van der Waals surface area contributed by atoms with Crippen molar-refractivity contribution < 1.29 is 9.63 Å². The zero-order valence-corrected chi connectivity index (χ0v) is 10.1. The van der Waals surface area contributed by atoms with Gasteiger partial charge in [-0.2, -0.15) is 0 Å². The Hall–Kier alpha value is -0.770. The molecule has 86 valence electrons. The number of halogens is 2. The van der Waals surface area contributed by atoms with Crippen molar-refractivity contribution in [3.8, 4) is 0 Å². The molecule has 0 aliphatic carbocycles. The van der Waals surface area contributed by atoms with Gasteiger partial charge in [0.1, 0.15) is 0 Å². The van der Waals surface area contributed by atoms with E-state index < -0.39 is 0 Å². The zero-order valence-electron chi connectivity index (χ0n) is 8.58. The fourth-order valence-corrected chi connectivity index (χ4v) is 2.14. The average molecular weight is 260 g/mol. The first kappa shape index (κ1) is 11.7. The Kier molecular flexibility index (Phi) is 3.69. The van der Waals surface area contributed by atoms with Crippen LogP contribution >= 0.6 is 23.2 Å². The van der Waals surface area contributed by atoms with Crippen molar-refractivity contribution >= 4 is 29.1 Å². The molecule has 0 saturated carbocycles. The fraction of sp³-hybridized carbons (Fsp3) is 0.364. The topological polar surface area (TPSA) is 29.5 Å². The summed E-state index contributed by atoms with van der Waals surface area (Å²) in [5, 5.41) is 2.04. The molecule has 1 amide bonds. The highest BCUT2D eigenvalue weighted by Gasteiger charge is 2.23. The van der Waals surface area contributed by atoms with E-state index in [0.29, 0.717) is 28.8 Å². The maximum atomic E-state index is 12.1. The molecule has 3 nitrogen and oxygen atoms in total. The highest BCUT2D eigenvalue weighted by Crippen LogP contribution is 2.26. The molecule has 1 aliphatic rings. The van der Waals surface area contributed by atoms with Crippen molar-refractivity contribution in [1.29, 1.82) is 0 Å². The van der Waals surface area contributed by atoms with E-state index in [0.717, 1.165) is 12.8 Å². The second kappa shape index (κ2) is 5.04. The summed E-state index contributed by atoms with van der Waals surface area (Å²) in [6.45, 7) is 1.15. The molecule has 0 unspecified atom stereocenters. The smallest absolute Gasteiger partial charge is 0.271 e. The summed E-state index contributed by atoms with van der Waals surface area (Å²) >= 11 is 11.9. The maximum Gasteiger partial charge on any atom is 0.280 e. The number of carbonyl (C=O) groups is 1. The van der Waals surface area contributed by atoms with Gasteiger partial charge in [-0.1, -0.05) is 29.3 Å². The largest absolute Gasteiger partial charge is 0.280 e. The predicted molar refractivity (Wildman–Crippen MR) is 62.7 cm³/mol. The third-order valence-electron chi connectivity index (χ3n) is 2.41. The summed E-state index contributed by atoms with van der Waals surface area (Å²) in [5.74, 6) is -0.268. The molecule has 2 rings (SSSR count). The Morgan fingerprint density at radius 1 is 1.25 bits per heavy atom. The maximum absolute atomic E-state index is 12.1. The van der Waals surface area contributed by atoms with E-state index in [-0.39, 0.29) is 5.91 Å². The Morgan fingerprint density at radius 2 is 1.94 bits per heavy atom. The van der Waals surface area contributed by atoms with E-state index in [1.165, 1.54) is 5.06 Å². The Labute approximate surface area is 104 Å². The zero-order chi connectivity index (χ0) is 11.5. The predicted octanol–water partition coefficient (Wildman–Crippen LogP) is 3.16. The molecule has 1 heterocycles. The van der Waals surface area contributed by atoms with Gasteiger partial charge in [-0.25, -0.2) is 5.06 Å². The van der Waals surface area contributed by atoms with Gasteiger partial charge in [-0.15, -0.1) is 0 Å². The van der Waals surface area contributed by atoms with E-state index in [9.17, 15) is 4.79 Å². The normalized spacial score (nSPS) is 16.2. The quantitative estimate of drug-likeness (QED) is 0.776. The van der Waals surface area contributed by atoms with Gasteiger partial charge in [0.2, 0.25) is 0 Å². The number of nitrogens with zero attached hydrogens (tertiary/aromatic N) is 1. The third-order valence-corrected chi connectivity index (χ3v) is 3.04.